The molecular weight excluding hydrogens is 280 g/mol. The van der Waals surface area contributed by atoms with E-state index in [0.717, 1.165) is 37.7 Å². The second-order valence-corrected chi connectivity index (χ2v) is 6.74. The van der Waals surface area contributed by atoms with Crippen molar-refractivity contribution in [2.24, 2.45) is 5.92 Å². The van der Waals surface area contributed by atoms with Crippen LogP contribution in [0.3, 0.4) is 0 Å². The normalized spacial score (nSPS) is 31.8. The van der Waals surface area contributed by atoms with Gasteiger partial charge in [0, 0.05) is 31.4 Å². The second-order valence-electron chi connectivity index (χ2n) is 6.74. The molecule has 0 unspecified atom stereocenters. The number of morpholine rings is 1. The van der Waals surface area contributed by atoms with Crippen LogP contribution in [0.1, 0.15) is 35.3 Å². The number of carbonyl (C=O) groups excluding carboxylic acids is 1. The van der Waals surface area contributed by atoms with Crippen LogP contribution in [0.15, 0.2) is 12.5 Å². The number of fused-ring (bicyclic) bond motifs is 1. The van der Waals surface area contributed by atoms with Crippen molar-refractivity contribution in [2.45, 2.75) is 44.4 Å². The molecule has 0 radical (unpaired) electrons. The van der Waals surface area contributed by atoms with Gasteiger partial charge in [-0.25, -0.2) is 9.97 Å². The highest BCUT2D eigenvalue weighted by Gasteiger charge is 2.42. The quantitative estimate of drug-likeness (QED) is 0.893. The van der Waals surface area contributed by atoms with Crippen LogP contribution in [-0.2, 0) is 4.74 Å². The third-order valence-corrected chi connectivity index (χ3v) is 5.08. The van der Waals surface area contributed by atoms with Crippen molar-refractivity contribution in [2.75, 3.05) is 19.7 Å². The summed E-state index contributed by atoms with van der Waals surface area (Å²) in [5.74, 6) is 0.710. The van der Waals surface area contributed by atoms with Crippen molar-refractivity contribution in [3.8, 4) is 0 Å². The molecule has 6 heteroatoms. The number of ether oxygens (including phenoxy) is 1. The van der Waals surface area contributed by atoms with E-state index < -0.39 is 0 Å². The first-order valence-electron chi connectivity index (χ1n) is 8.14. The minimum Gasteiger partial charge on any atom is -0.375 e. The number of aromatic nitrogens is 2. The van der Waals surface area contributed by atoms with Crippen molar-refractivity contribution in [1.82, 2.24) is 20.2 Å². The monoisotopic (exact) mass is 302 g/mol. The van der Waals surface area contributed by atoms with Crippen LogP contribution in [0.25, 0.3) is 0 Å². The number of hydrogen-bond donors (Lipinski definition) is 1. The Labute approximate surface area is 130 Å². The van der Waals surface area contributed by atoms with Gasteiger partial charge < -0.3 is 10.1 Å². The van der Waals surface area contributed by atoms with Gasteiger partial charge in [-0.2, -0.15) is 0 Å². The Bertz CT molecular complexity index is 575. The molecule has 3 fully saturated rings. The lowest BCUT2D eigenvalue weighted by Gasteiger charge is -2.35. The number of amides is 1. The molecule has 6 nitrogen and oxygen atoms in total. The summed E-state index contributed by atoms with van der Waals surface area (Å²) in [5.41, 5.74) is 1.29. The Morgan fingerprint density at radius 2 is 2.27 bits per heavy atom. The fraction of sp³-hybridized carbons (Fsp3) is 0.688. The molecule has 1 aromatic rings. The molecule has 1 saturated carbocycles. The van der Waals surface area contributed by atoms with Crippen LogP contribution in [0.4, 0.5) is 0 Å². The highest BCUT2D eigenvalue weighted by Crippen LogP contribution is 2.37. The average molecular weight is 302 g/mol. The third kappa shape index (κ3) is 2.73. The van der Waals surface area contributed by atoms with Crippen LogP contribution in [0.2, 0.25) is 0 Å². The lowest BCUT2D eigenvalue weighted by molar-refractivity contribution is -0.0581. The minimum absolute atomic E-state index is 0.0670. The van der Waals surface area contributed by atoms with E-state index in [0.29, 0.717) is 17.7 Å². The van der Waals surface area contributed by atoms with Gasteiger partial charge in [0.15, 0.2) is 0 Å². The molecule has 22 heavy (non-hydrogen) atoms. The minimum atomic E-state index is -0.0670. The zero-order valence-corrected chi connectivity index (χ0v) is 12.9. The number of carbonyl (C=O) groups is 1. The highest BCUT2D eigenvalue weighted by molar-refractivity contribution is 5.95. The zero-order valence-electron chi connectivity index (χ0n) is 12.9. The summed E-state index contributed by atoms with van der Waals surface area (Å²) in [5, 5.41) is 3.14. The van der Waals surface area contributed by atoms with Gasteiger partial charge in [-0.1, -0.05) is 0 Å². The summed E-state index contributed by atoms with van der Waals surface area (Å²) in [6.45, 7) is 4.59. The summed E-state index contributed by atoms with van der Waals surface area (Å²) in [6.07, 6.45) is 7.07. The molecule has 1 N–H and O–H groups in total. The molecule has 4 rings (SSSR count). The van der Waals surface area contributed by atoms with E-state index in [1.165, 1.54) is 19.2 Å². The van der Waals surface area contributed by atoms with Crippen molar-refractivity contribution in [3.05, 3.63) is 23.8 Å². The first-order valence-corrected chi connectivity index (χ1v) is 8.14. The number of nitrogens with zero attached hydrogens (tertiary/aromatic N) is 3. The lowest BCUT2D eigenvalue weighted by Crippen LogP contribution is -2.47. The van der Waals surface area contributed by atoms with E-state index in [9.17, 15) is 4.79 Å². The third-order valence-electron chi connectivity index (χ3n) is 5.08. The number of hydrogen-bond acceptors (Lipinski definition) is 5. The van der Waals surface area contributed by atoms with Crippen molar-refractivity contribution >= 4 is 5.91 Å². The van der Waals surface area contributed by atoms with Gasteiger partial charge in [0.25, 0.3) is 5.91 Å². The molecular formula is C16H22N4O2. The van der Waals surface area contributed by atoms with Gasteiger partial charge in [-0.3, -0.25) is 9.69 Å². The van der Waals surface area contributed by atoms with E-state index in [4.69, 9.17) is 4.74 Å². The molecule has 1 amide bonds. The summed E-state index contributed by atoms with van der Waals surface area (Å²) in [6, 6.07) is 0.645. The van der Waals surface area contributed by atoms with Gasteiger partial charge in [0.05, 0.1) is 24.0 Å². The maximum absolute atomic E-state index is 12.4. The Morgan fingerprint density at radius 3 is 3.05 bits per heavy atom. The van der Waals surface area contributed by atoms with E-state index in [-0.39, 0.29) is 11.9 Å². The van der Waals surface area contributed by atoms with Crippen molar-refractivity contribution in [1.29, 1.82) is 0 Å². The Kier molecular flexibility index (Phi) is 3.58. The Balaban J connectivity index is 1.37. The topological polar surface area (TPSA) is 67.3 Å². The highest BCUT2D eigenvalue weighted by atomic mass is 16.5. The van der Waals surface area contributed by atoms with Gasteiger partial charge in [-0.15, -0.1) is 0 Å². The van der Waals surface area contributed by atoms with E-state index >= 15 is 0 Å². The first-order chi connectivity index (χ1) is 10.7. The molecule has 2 saturated heterocycles. The van der Waals surface area contributed by atoms with Gasteiger partial charge >= 0.3 is 0 Å². The predicted octanol–water partition coefficient (Wildman–Crippen LogP) is 0.767. The molecule has 0 spiro atoms. The summed E-state index contributed by atoms with van der Waals surface area (Å²) in [4.78, 5) is 22.9. The smallest absolute Gasteiger partial charge is 0.254 e. The van der Waals surface area contributed by atoms with Crippen molar-refractivity contribution < 1.29 is 9.53 Å². The lowest BCUT2D eigenvalue weighted by atomic mass is 10.1. The first kappa shape index (κ1) is 14.1. The fourth-order valence-electron chi connectivity index (χ4n) is 3.63. The maximum Gasteiger partial charge on any atom is 0.254 e. The molecule has 0 aromatic carbocycles. The maximum atomic E-state index is 12.4. The largest absolute Gasteiger partial charge is 0.375 e. The molecule has 118 valence electrons. The molecule has 3 atom stereocenters. The van der Waals surface area contributed by atoms with Gasteiger partial charge in [-0.05, 0) is 32.1 Å². The Morgan fingerprint density at radius 1 is 1.41 bits per heavy atom. The number of nitrogens with one attached hydrogen (secondary N) is 1. The van der Waals surface area contributed by atoms with Crippen LogP contribution >= 0.6 is 0 Å². The molecule has 2 aliphatic heterocycles. The van der Waals surface area contributed by atoms with Crippen molar-refractivity contribution in [3.63, 3.8) is 0 Å². The second kappa shape index (κ2) is 5.59. The molecule has 1 aliphatic carbocycles. The van der Waals surface area contributed by atoms with Crippen LogP contribution in [0, 0.1) is 12.8 Å². The number of rotatable bonds is 3. The number of aryl methyl sites for hydroxylation is 1. The molecule has 3 heterocycles. The molecule has 3 aliphatic rings. The van der Waals surface area contributed by atoms with E-state index in [2.05, 4.69) is 20.2 Å². The summed E-state index contributed by atoms with van der Waals surface area (Å²) in [7, 11) is 0. The van der Waals surface area contributed by atoms with Crippen LogP contribution in [0.5, 0.6) is 0 Å². The zero-order chi connectivity index (χ0) is 15.1. The molecule has 0 bridgehead atoms. The van der Waals surface area contributed by atoms with Gasteiger partial charge in [0.2, 0.25) is 0 Å². The van der Waals surface area contributed by atoms with Crippen LogP contribution in [-0.4, -0.2) is 58.7 Å². The average Bonchev–Trinajstić information content (AvgIpc) is 3.28. The standard InChI is InChI=1S/C16H22N4O2/c1-10-14(5-17-9-18-10)16(21)19-12-4-13-8-22-15(11-2-3-11)7-20(13)6-12/h5,9,11-13,15H,2-4,6-8H2,1H3,(H,19,21)/t12-,13-,15+/m0/s1. The summed E-state index contributed by atoms with van der Waals surface area (Å²) >= 11 is 0. The SMILES string of the molecule is Cc1ncncc1C(=O)N[C@H]1C[C@H]2CO[C@@H](C3CC3)CN2C1. The van der Waals surface area contributed by atoms with Crippen LogP contribution < -0.4 is 5.32 Å². The summed E-state index contributed by atoms with van der Waals surface area (Å²) < 4.78 is 6.00. The van der Waals surface area contributed by atoms with Gasteiger partial charge in [0.1, 0.15) is 6.33 Å². The molecule has 1 aromatic heterocycles. The Hall–Kier alpha value is -1.53. The fourth-order valence-corrected chi connectivity index (χ4v) is 3.63. The van der Waals surface area contributed by atoms with E-state index in [1.807, 2.05) is 6.92 Å². The van der Waals surface area contributed by atoms with E-state index in [1.54, 1.807) is 6.20 Å². The predicted molar refractivity (Wildman–Crippen MR) is 80.5 cm³/mol.